The van der Waals surface area contributed by atoms with E-state index in [0.717, 1.165) is 17.1 Å². The maximum Gasteiger partial charge on any atom is 0.134 e. The Kier molecular flexibility index (Phi) is 8.30. The van der Waals surface area contributed by atoms with Gasteiger partial charge in [0, 0.05) is 6.42 Å². The third-order valence-electron chi connectivity index (χ3n) is 6.63. The Labute approximate surface area is 206 Å². The van der Waals surface area contributed by atoms with E-state index in [-0.39, 0.29) is 0 Å². The first-order valence-electron chi connectivity index (χ1n) is 12.8. The van der Waals surface area contributed by atoms with Gasteiger partial charge in [-0.15, -0.1) is 0 Å². The van der Waals surface area contributed by atoms with Gasteiger partial charge in [0.15, 0.2) is 0 Å². The van der Waals surface area contributed by atoms with Crippen molar-refractivity contribution < 1.29 is 5.11 Å². The number of aliphatic hydroxyl groups excluding tert-OH is 1. The highest BCUT2D eigenvalue weighted by Gasteiger charge is 2.26. The van der Waals surface area contributed by atoms with Crippen LogP contribution in [0.4, 0.5) is 11.4 Å². The van der Waals surface area contributed by atoms with Gasteiger partial charge < -0.3 is 5.11 Å². The Balaban J connectivity index is 2.18. The average Bonchev–Trinajstić information content (AvgIpc) is 2.76. The lowest BCUT2D eigenvalue weighted by Crippen LogP contribution is -2.32. The summed E-state index contributed by atoms with van der Waals surface area (Å²) in [6, 6.07) is 12.9. The first kappa shape index (κ1) is 26.1. The van der Waals surface area contributed by atoms with Crippen molar-refractivity contribution in [2.75, 3.05) is 0 Å². The van der Waals surface area contributed by atoms with Gasteiger partial charge in [0.1, 0.15) is 6.10 Å². The Morgan fingerprint density at radius 2 is 1.06 bits per heavy atom. The molecule has 0 radical (unpaired) electrons. The molecule has 1 N–H and O–H groups in total. The molecule has 1 atom stereocenters. The van der Waals surface area contributed by atoms with Crippen molar-refractivity contribution >= 4 is 22.8 Å². The minimum absolute atomic E-state index is 0.350. The normalized spacial score (nSPS) is 19.2. The number of aliphatic imine (C=N–C) groups is 2. The van der Waals surface area contributed by atoms with E-state index in [9.17, 15) is 5.11 Å². The van der Waals surface area contributed by atoms with E-state index in [1.165, 1.54) is 27.8 Å². The first-order chi connectivity index (χ1) is 16.0. The van der Waals surface area contributed by atoms with Crippen LogP contribution in [0.2, 0.25) is 0 Å². The Morgan fingerprint density at radius 3 is 1.44 bits per heavy atom. The highest BCUT2D eigenvalue weighted by Crippen LogP contribution is 2.37. The predicted octanol–water partition coefficient (Wildman–Crippen LogP) is 8.74. The van der Waals surface area contributed by atoms with Gasteiger partial charge in [0.2, 0.25) is 0 Å². The van der Waals surface area contributed by atoms with Crippen LogP contribution >= 0.6 is 0 Å². The molecule has 1 aliphatic rings. The van der Waals surface area contributed by atoms with E-state index in [2.05, 4.69) is 98.7 Å². The summed E-state index contributed by atoms with van der Waals surface area (Å²) in [7, 11) is 0. The molecule has 3 rings (SSSR count). The first-order valence-corrected chi connectivity index (χ1v) is 12.8. The van der Waals surface area contributed by atoms with Crippen LogP contribution in [-0.4, -0.2) is 22.6 Å². The monoisotopic (exact) mass is 458 g/mol. The van der Waals surface area contributed by atoms with Gasteiger partial charge in [-0.05, 0) is 58.9 Å². The maximum absolute atomic E-state index is 11.5. The van der Waals surface area contributed by atoms with Gasteiger partial charge in [-0.3, -0.25) is 4.99 Å². The van der Waals surface area contributed by atoms with Crippen LogP contribution in [0.1, 0.15) is 115 Å². The zero-order chi connectivity index (χ0) is 25.2. The van der Waals surface area contributed by atoms with Crippen LogP contribution in [0.5, 0.6) is 0 Å². The number of benzene rings is 2. The molecular formula is C31H42N2O. The quantitative estimate of drug-likeness (QED) is 0.462. The Bertz CT molecular complexity index is 1060. The third-order valence-corrected chi connectivity index (χ3v) is 6.63. The number of rotatable bonds is 6. The summed E-state index contributed by atoms with van der Waals surface area (Å²) in [6.07, 6.45) is 1.89. The molecule has 0 aliphatic heterocycles. The summed E-state index contributed by atoms with van der Waals surface area (Å²) in [5.74, 6) is 1.41. The van der Waals surface area contributed by atoms with Crippen molar-refractivity contribution in [2.24, 2.45) is 9.98 Å². The number of para-hydroxylation sites is 2. The zero-order valence-corrected chi connectivity index (χ0v) is 22.5. The van der Waals surface area contributed by atoms with Crippen LogP contribution in [0.15, 0.2) is 58.0 Å². The van der Waals surface area contributed by atoms with Gasteiger partial charge in [-0.25, -0.2) is 4.99 Å². The van der Waals surface area contributed by atoms with Crippen LogP contribution in [-0.2, 0) is 0 Å². The summed E-state index contributed by atoms with van der Waals surface area (Å²) in [4.78, 5) is 10.3. The molecule has 0 fully saturated rings. The van der Waals surface area contributed by atoms with E-state index < -0.39 is 6.10 Å². The molecule has 0 spiro atoms. The number of hydrogen-bond acceptors (Lipinski definition) is 3. The van der Waals surface area contributed by atoms with Crippen LogP contribution in [0, 0.1) is 0 Å². The molecule has 1 unspecified atom stereocenters. The van der Waals surface area contributed by atoms with Crippen molar-refractivity contribution in [3.63, 3.8) is 0 Å². The van der Waals surface area contributed by atoms with Gasteiger partial charge in [-0.2, -0.15) is 0 Å². The summed E-state index contributed by atoms with van der Waals surface area (Å²) >= 11 is 0. The van der Waals surface area contributed by atoms with Crippen molar-refractivity contribution in [3.8, 4) is 0 Å². The smallest absolute Gasteiger partial charge is 0.134 e. The summed E-state index contributed by atoms with van der Waals surface area (Å²) < 4.78 is 0. The molecule has 3 nitrogen and oxygen atoms in total. The van der Waals surface area contributed by atoms with E-state index in [1.54, 1.807) is 0 Å². The maximum atomic E-state index is 11.5. The molecule has 0 bridgehead atoms. The van der Waals surface area contributed by atoms with Crippen molar-refractivity contribution in [3.05, 3.63) is 70.3 Å². The number of aliphatic hydroxyl groups is 1. The van der Waals surface area contributed by atoms with Crippen LogP contribution < -0.4 is 0 Å². The fraction of sp³-hybridized carbons (Fsp3) is 0.484. The molecular weight excluding hydrogens is 416 g/mol. The number of hydrogen-bond donors (Lipinski definition) is 1. The second-order valence-corrected chi connectivity index (χ2v) is 10.9. The standard InChI is InChI=1S/C31H42N2O/c1-18(2)23-12-10-13-24(19(3)4)29(23)32-27-16-22(9)17-28(31(27)34)33-30-25(20(5)6)14-11-15-26(30)21(7)8/h10-16,18-21,31,34H,17H2,1-9H3. The summed E-state index contributed by atoms with van der Waals surface area (Å²) in [5.41, 5.74) is 9.53. The van der Waals surface area contributed by atoms with Gasteiger partial charge in [0.05, 0.1) is 22.8 Å². The minimum Gasteiger partial charge on any atom is -0.381 e. The molecule has 0 heterocycles. The van der Waals surface area contributed by atoms with Crippen molar-refractivity contribution in [2.45, 2.75) is 98.5 Å². The third kappa shape index (κ3) is 5.58. The molecule has 2 aromatic rings. The van der Waals surface area contributed by atoms with E-state index in [4.69, 9.17) is 9.98 Å². The van der Waals surface area contributed by atoms with E-state index in [1.807, 2.05) is 6.08 Å². The number of nitrogens with zero attached hydrogens (tertiary/aromatic N) is 2. The second-order valence-electron chi connectivity index (χ2n) is 10.9. The lowest BCUT2D eigenvalue weighted by Gasteiger charge is -2.24. The largest absolute Gasteiger partial charge is 0.381 e. The predicted molar refractivity (Wildman–Crippen MR) is 148 cm³/mol. The molecule has 2 aromatic carbocycles. The SMILES string of the molecule is CC1=CC(=Nc2c(C(C)C)cccc2C(C)C)C(O)C(=Nc2c(C(C)C)cccc2C(C)C)C1. The lowest BCUT2D eigenvalue weighted by atomic mass is 9.90. The molecule has 3 heteroatoms. The average molecular weight is 459 g/mol. The molecule has 0 saturated heterocycles. The summed E-state index contributed by atoms with van der Waals surface area (Å²) in [5, 5.41) is 11.5. The fourth-order valence-corrected chi connectivity index (χ4v) is 4.68. The molecule has 1 aliphatic carbocycles. The summed E-state index contributed by atoms with van der Waals surface area (Å²) in [6.45, 7) is 19.7. The number of allylic oxidation sites excluding steroid dienone is 1. The lowest BCUT2D eigenvalue weighted by molar-refractivity contribution is 0.303. The van der Waals surface area contributed by atoms with Gasteiger partial charge >= 0.3 is 0 Å². The molecule has 182 valence electrons. The van der Waals surface area contributed by atoms with Crippen molar-refractivity contribution in [1.29, 1.82) is 0 Å². The van der Waals surface area contributed by atoms with Gasteiger partial charge in [0.25, 0.3) is 0 Å². The molecule has 0 saturated carbocycles. The molecule has 0 aromatic heterocycles. The van der Waals surface area contributed by atoms with Crippen molar-refractivity contribution in [1.82, 2.24) is 0 Å². The zero-order valence-electron chi connectivity index (χ0n) is 22.5. The Morgan fingerprint density at radius 1 is 0.676 bits per heavy atom. The Hall–Kier alpha value is -2.52. The molecule has 34 heavy (non-hydrogen) atoms. The van der Waals surface area contributed by atoms with Crippen LogP contribution in [0.3, 0.4) is 0 Å². The van der Waals surface area contributed by atoms with E-state index >= 15 is 0 Å². The highest BCUT2D eigenvalue weighted by molar-refractivity contribution is 6.19. The fourth-order valence-electron chi connectivity index (χ4n) is 4.68. The molecule has 0 amide bonds. The highest BCUT2D eigenvalue weighted by atomic mass is 16.3. The van der Waals surface area contributed by atoms with Gasteiger partial charge in [-0.1, -0.05) is 97.4 Å². The topological polar surface area (TPSA) is 45.0 Å². The van der Waals surface area contributed by atoms with E-state index in [0.29, 0.717) is 35.8 Å². The van der Waals surface area contributed by atoms with Crippen LogP contribution in [0.25, 0.3) is 0 Å². The second kappa shape index (κ2) is 10.8. The minimum atomic E-state index is -0.816.